The fourth-order valence-electron chi connectivity index (χ4n) is 4.37. The molecule has 1 atom stereocenters. The minimum Gasteiger partial charge on any atom is -0.321 e. The molecule has 3 heterocycles. The first-order valence-corrected chi connectivity index (χ1v) is 12.8. The number of thiophene rings is 1. The van der Waals surface area contributed by atoms with Gasteiger partial charge in [-0.05, 0) is 85.0 Å². The van der Waals surface area contributed by atoms with Crippen LogP contribution < -0.4 is 5.56 Å². The van der Waals surface area contributed by atoms with Crippen LogP contribution in [0.1, 0.15) is 74.0 Å². The van der Waals surface area contributed by atoms with Gasteiger partial charge in [0.15, 0.2) is 5.82 Å². The first-order chi connectivity index (χ1) is 16.2. The van der Waals surface area contributed by atoms with Crippen LogP contribution in [0, 0.1) is 13.8 Å². The number of aromatic amines is 1. The summed E-state index contributed by atoms with van der Waals surface area (Å²) in [6, 6.07) is 10.4. The lowest BCUT2D eigenvalue weighted by atomic mass is 10.0. The second kappa shape index (κ2) is 9.80. The summed E-state index contributed by atoms with van der Waals surface area (Å²) in [5, 5.41) is 16.0. The Hall–Kier alpha value is -2.84. The van der Waals surface area contributed by atoms with E-state index in [9.17, 15) is 4.79 Å². The summed E-state index contributed by atoms with van der Waals surface area (Å²) in [6.07, 6.45) is 1.74. The Kier molecular flexibility index (Phi) is 7.00. The molecule has 4 rings (SSSR count). The molecule has 0 fully saturated rings. The van der Waals surface area contributed by atoms with Crippen LogP contribution in [0.4, 0.5) is 0 Å². The van der Waals surface area contributed by atoms with Crippen LogP contribution in [0.3, 0.4) is 0 Å². The van der Waals surface area contributed by atoms with Crippen molar-refractivity contribution in [2.45, 2.75) is 79.1 Å². The van der Waals surface area contributed by atoms with Crippen molar-refractivity contribution in [3.05, 3.63) is 73.5 Å². The molecule has 180 valence electrons. The first kappa shape index (κ1) is 24.3. The Morgan fingerprint density at radius 2 is 1.97 bits per heavy atom. The van der Waals surface area contributed by atoms with Gasteiger partial charge in [0.2, 0.25) is 0 Å². The van der Waals surface area contributed by atoms with Gasteiger partial charge in [0, 0.05) is 23.5 Å². The molecule has 1 N–H and O–H groups in total. The van der Waals surface area contributed by atoms with Crippen LogP contribution in [-0.2, 0) is 18.6 Å². The predicted octanol–water partition coefficient (Wildman–Crippen LogP) is 5.49. The van der Waals surface area contributed by atoms with Crippen LogP contribution in [0.15, 0.2) is 40.5 Å². The second-order valence-electron chi connectivity index (χ2n) is 9.62. The van der Waals surface area contributed by atoms with Crippen molar-refractivity contribution in [1.29, 1.82) is 0 Å². The van der Waals surface area contributed by atoms with Gasteiger partial charge in [-0.2, -0.15) is 0 Å². The lowest BCUT2D eigenvalue weighted by Gasteiger charge is -2.32. The minimum absolute atomic E-state index is 0.0298. The number of hydrogen-bond acceptors (Lipinski definition) is 6. The molecule has 1 unspecified atom stereocenters. The molecule has 1 aromatic carbocycles. The van der Waals surface area contributed by atoms with Gasteiger partial charge in [-0.15, -0.1) is 16.4 Å². The number of fused-ring (bicyclic) bond motifs is 1. The van der Waals surface area contributed by atoms with E-state index in [1.54, 1.807) is 11.3 Å². The van der Waals surface area contributed by atoms with Crippen LogP contribution in [0.2, 0.25) is 0 Å². The van der Waals surface area contributed by atoms with Crippen molar-refractivity contribution in [2.75, 3.05) is 0 Å². The number of aromatic nitrogens is 5. The lowest BCUT2D eigenvalue weighted by Crippen LogP contribution is -2.36. The molecule has 0 radical (unpaired) electrons. The van der Waals surface area contributed by atoms with Crippen molar-refractivity contribution in [3.63, 3.8) is 0 Å². The molecule has 0 saturated heterocycles. The van der Waals surface area contributed by atoms with E-state index in [2.05, 4.69) is 96.6 Å². The third-order valence-electron chi connectivity index (χ3n) is 7.00. The van der Waals surface area contributed by atoms with Crippen molar-refractivity contribution in [1.82, 2.24) is 30.1 Å². The number of aryl methyl sites for hydroxylation is 2. The summed E-state index contributed by atoms with van der Waals surface area (Å²) < 4.78 is 1.96. The Morgan fingerprint density at radius 3 is 2.65 bits per heavy atom. The lowest BCUT2D eigenvalue weighted by molar-refractivity contribution is 0.152. The molecular weight excluding hydrogens is 444 g/mol. The highest BCUT2D eigenvalue weighted by Gasteiger charge is 2.31. The van der Waals surface area contributed by atoms with E-state index < -0.39 is 0 Å². The summed E-state index contributed by atoms with van der Waals surface area (Å²) >= 11 is 1.73. The SMILES string of the molecule is CCC(c1nnnn1C(C)(C)CC)N(Cc1cccs1)Cc1cc2ccc(C)c(C)c2[nH]c1=O. The molecule has 7 nitrogen and oxygen atoms in total. The van der Waals surface area contributed by atoms with Gasteiger partial charge in [0.25, 0.3) is 5.56 Å². The topological polar surface area (TPSA) is 79.7 Å². The maximum Gasteiger partial charge on any atom is 0.252 e. The Morgan fingerprint density at radius 1 is 1.18 bits per heavy atom. The van der Waals surface area contributed by atoms with Gasteiger partial charge in [0.05, 0.1) is 17.1 Å². The summed E-state index contributed by atoms with van der Waals surface area (Å²) in [7, 11) is 0. The number of nitrogens with zero attached hydrogens (tertiary/aromatic N) is 5. The standard InChI is InChI=1S/C26H34N6OS/c1-7-22(24-28-29-30-32(24)26(5,6)8-2)31(16-21-10-9-13-34-21)15-20-14-19-12-11-17(3)18(4)23(19)27-25(20)33/h9-14,22H,7-8,15-16H2,1-6H3,(H,27,33). The molecule has 0 amide bonds. The molecule has 0 bridgehead atoms. The van der Waals surface area contributed by atoms with Gasteiger partial charge in [0.1, 0.15) is 0 Å². The Labute approximate surface area is 204 Å². The molecule has 0 aliphatic rings. The third kappa shape index (κ3) is 4.70. The molecule has 0 saturated carbocycles. The summed E-state index contributed by atoms with van der Waals surface area (Å²) in [5.74, 6) is 0.842. The number of H-pyrrole nitrogens is 1. The van der Waals surface area contributed by atoms with Crippen LogP contribution in [0.5, 0.6) is 0 Å². The molecule has 3 aromatic heterocycles. The van der Waals surface area contributed by atoms with Crippen LogP contribution >= 0.6 is 11.3 Å². The zero-order valence-corrected chi connectivity index (χ0v) is 21.7. The van der Waals surface area contributed by atoms with E-state index >= 15 is 0 Å². The fourth-order valence-corrected chi connectivity index (χ4v) is 5.10. The van der Waals surface area contributed by atoms with Gasteiger partial charge in [-0.1, -0.05) is 32.0 Å². The van der Waals surface area contributed by atoms with Crippen LogP contribution in [-0.4, -0.2) is 30.1 Å². The molecule has 34 heavy (non-hydrogen) atoms. The quantitative estimate of drug-likeness (QED) is 0.344. The van der Waals surface area contributed by atoms with E-state index in [1.165, 1.54) is 10.4 Å². The fraction of sp³-hybridized carbons (Fsp3) is 0.462. The number of nitrogens with one attached hydrogen (secondary N) is 1. The van der Waals surface area contributed by atoms with Crippen molar-refractivity contribution in [3.8, 4) is 0 Å². The maximum absolute atomic E-state index is 13.2. The maximum atomic E-state index is 13.2. The largest absolute Gasteiger partial charge is 0.321 e. The van der Waals surface area contributed by atoms with E-state index in [0.717, 1.165) is 47.2 Å². The third-order valence-corrected chi connectivity index (χ3v) is 7.86. The average Bonchev–Trinajstić information content (AvgIpc) is 3.51. The molecule has 4 aromatic rings. The van der Waals surface area contributed by atoms with E-state index in [0.29, 0.717) is 6.54 Å². The normalized spacial score (nSPS) is 13.1. The minimum atomic E-state index is -0.198. The number of pyridine rings is 1. The summed E-state index contributed by atoms with van der Waals surface area (Å²) in [5.41, 5.74) is 3.71. The van der Waals surface area contributed by atoms with Crippen molar-refractivity contribution >= 4 is 22.2 Å². The van der Waals surface area contributed by atoms with Gasteiger partial charge in [-0.3, -0.25) is 9.69 Å². The average molecular weight is 479 g/mol. The Bertz CT molecular complexity index is 1320. The number of hydrogen-bond donors (Lipinski definition) is 1. The second-order valence-corrected chi connectivity index (χ2v) is 10.7. The first-order valence-electron chi connectivity index (χ1n) is 11.9. The highest BCUT2D eigenvalue weighted by Crippen LogP contribution is 2.31. The zero-order valence-electron chi connectivity index (χ0n) is 20.9. The van der Waals surface area contributed by atoms with Gasteiger partial charge < -0.3 is 4.98 Å². The molecule has 0 aliphatic heterocycles. The summed E-state index contributed by atoms with van der Waals surface area (Å²) in [6.45, 7) is 14.0. The number of tetrazole rings is 1. The highest BCUT2D eigenvalue weighted by atomic mass is 32.1. The molecule has 0 aliphatic carbocycles. The monoisotopic (exact) mass is 478 g/mol. The molecule has 8 heteroatoms. The molecule has 0 spiro atoms. The smallest absolute Gasteiger partial charge is 0.252 e. The predicted molar refractivity (Wildman–Crippen MR) is 138 cm³/mol. The van der Waals surface area contributed by atoms with E-state index in [4.69, 9.17) is 0 Å². The summed E-state index contributed by atoms with van der Waals surface area (Å²) in [4.78, 5) is 19.9. The molecular formula is C26H34N6OS. The van der Waals surface area contributed by atoms with E-state index in [-0.39, 0.29) is 17.1 Å². The number of benzene rings is 1. The van der Waals surface area contributed by atoms with Crippen LogP contribution in [0.25, 0.3) is 10.9 Å². The highest BCUT2D eigenvalue weighted by molar-refractivity contribution is 7.09. The Balaban J connectivity index is 1.77. The van der Waals surface area contributed by atoms with Crippen molar-refractivity contribution < 1.29 is 0 Å². The van der Waals surface area contributed by atoms with Gasteiger partial charge in [-0.25, -0.2) is 4.68 Å². The van der Waals surface area contributed by atoms with Gasteiger partial charge >= 0.3 is 0 Å². The van der Waals surface area contributed by atoms with Crippen molar-refractivity contribution in [2.24, 2.45) is 0 Å². The van der Waals surface area contributed by atoms with E-state index in [1.807, 2.05) is 10.7 Å². The number of rotatable bonds is 9. The zero-order chi connectivity index (χ0) is 24.5.